The lowest BCUT2D eigenvalue weighted by Gasteiger charge is -2.06. The second-order valence-corrected chi connectivity index (χ2v) is 6.22. The van der Waals surface area contributed by atoms with Gasteiger partial charge in [-0.2, -0.15) is 5.10 Å². The Kier molecular flexibility index (Phi) is 9.36. The van der Waals surface area contributed by atoms with Crippen molar-refractivity contribution in [3.8, 4) is 11.5 Å². The summed E-state index contributed by atoms with van der Waals surface area (Å²) in [5.74, 6) is 0.303. The molecule has 23 heavy (non-hydrogen) atoms. The van der Waals surface area contributed by atoms with E-state index in [1.54, 1.807) is 12.1 Å². The number of carbonyl (C=O) groups excluding carboxylic acids is 1. The highest BCUT2D eigenvalue weighted by atomic mass is 79.9. The molecule has 128 valence electrons. The van der Waals surface area contributed by atoms with Crippen molar-refractivity contribution < 1.29 is 14.6 Å². The van der Waals surface area contributed by atoms with E-state index in [2.05, 4.69) is 33.4 Å². The Hall–Kier alpha value is -1.56. The number of nitrogens with zero attached hydrogens (tertiary/aromatic N) is 1. The van der Waals surface area contributed by atoms with Crippen LogP contribution in [0.25, 0.3) is 0 Å². The van der Waals surface area contributed by atoms with Crippen LogP contribution in [0.2, 0.25) is 0 Å². The van der Waals surface area contributed by atoms with Crippen LogP contribution in [0.1, 0.15) is 57.4 Å². The van der Waals surface area contributed by atoms with Crippen LogP contribution in [0, 0.1) is 0 Å². The van der Waals surface area contributed by atoms with Crippen LogP contribution in [-0.4, -0.2) is 24.3 Å². The summed E-state index contributed by atoms with van der Waals surface area (Å²) in [6.45, 7) is 2.19. The standard InChI is InChI=1S/C17H25BrN2O3/c1-3-4-5-6-7-8-9-16(21)20-19-12-13-10-14(18)17(22)15(11-13)23-2/h10-12,22H,3-9H2,1-2H3,(H,20,21). The molecule has 0 heterocycles. The summed E-state index contributed by atoms with van der Waals surface area (Å²) < 4.78 is 5.57. The summed E-state index contributed by atoms with van der Waals surface area (Å²) >= 11 is 3.24. The highest BCUT2D eigenvalue weighted by Crippen LogP contribution is 2.34. The molecular weight excluding hydrogens is 360 g/mol. The first-order chi connectivity index (χ1) is 11.1. The summed E-state index contributed by atoms with van der Waals surface area (Å²) in [6, 6.07) is 3.34. The molecule has 0 saturated carbocycles. The molecule has 0 aromatic heterocycles. The van der Waals surface area contributed by atoms with Gasteiger partial charge in [-0.1, -0.05) is 39.0 Å². The average Bonchev–Trinajstić information content (AvgIpc) is 2.54. The van der Waals surface area contributed by atoms with Crippen molar-refractivity contribution in [3.63, 3.8) is 0 Å². The SMILES string of the molecule is CCCCCCCCC(=O)NN=Cc1cc(Br)c(O)c(OC)c1. The zero-order valence-electron chi connectivity index (χ0n) is 13.8. The van der Waals surface area contributed by atoms with Crippen molar-refractivity contribution in [2.24, 2.45) is 5.10 Å². The number of amides is 1. The van der Waals surface area contributed by atoms with Gasteiger partial charge < -0.3 is 9.84 Å². The van der Waals surface area contributed by atoms with Crippen molar-refractivity contribution in [1.82, 2.24) is 5.43 Å². The van der Waals surface area contributed by atoms with E-state index in [4.69, 9.17) is 4.74 Å². The van der Waals surface area contributed by atoms with E-state index in [0.717, 1.165) is 12.8 Å². The van der Waals surface area contributed by atoms with Crippen molar-refractivity contribution in [3.05, 3.63) is 22.2 Å². The number of carbonyl (C=O) groups is 1. The van der Waals surface area contributed by atoms with Crippen LogP contribution in [0.4, 0.5) is 0 Å². The van der Waals surface area contributed by atoms with Gasteiger partial charge in [-0.05, 0) is 40.0 Å². The second-order valence-electron chi connectivity index (χ2n) is 5.36. The maximum atomic E-state index is 11.7. The third-order valence-corrected chi connectivity index (χ3v) is 4.04. The fourth-order valence-corrected chi connectivity index (χ4v) is 2.58. The highest BCUT2D eigenvalue weighted by Gasteiger charge is 2.07. The average molecular weight is 385 g/mol. The quantitative estimate of drug-likeness (QED) is 0.357. The number of halogens is 1. The molecule has 2 N–H and O–H groups in total. The largest absolute Gasteiger partial charge is 0.503 e. The summed E-state index contributed by atoms with van der Waals surface area (Å²) in [6.07, 6.45) is 8.91. The van der Waals surface area contributed by atoms with Gasteiger partial charge in [-0.25, -0.2) is 5.43 Å². The maximum Gasteiger partial charge on any atom is 0.240 e. The number of hydrogen-bond donors (Lipinski definition) is 2. The van der Waals surface area contributed by atoms with Crippen LogP contribution in [0.3, 0.4) is 0 Å². The Labute approximate surface area is 146 Å². The van der Waals surface area contributed by atoms with E-state index in [1.165, 1.54) is 39.0 Å². The molecule has 0 radical (unpaired) electrons. The third kappa shape index (κ3) is 7.50. The van der Waals surface area contributed by atoms with E-state index in [0.29, 0.717) is 22.2 Å². The van der Waals surface area contributed by atoms with Gasteiger partial charge in [0.2, 0.25) is 5.91 Å². The summed E-state index contributed by atoms with van der Waals surface area (Å²) in [5.41, 5.74) is 3.23. The van der Waals surface area contributed by atoms with Crippen molar-refractivity contribution in [1.29, 1.82) is 0 Å². The Balaban J connectivity index is 2.35. The van der Waals surface area contributed by atoms with Crippen LogP contribution in [0.5, 0.6) is 11.5 Å². The summed E-state index contributed by atoms with van der Waals surface area (Å²) in [4.78, 5) is 11.7. The number of hydrogen-bond acceptors (Lipinski definition) is 4. The van der Waals surface area contributed by atoms with Gasteiger partial charge in [-0.3, -0.25) is 4.79 Å². The third-order valence-electron chi connectivity index (χ3n) is 3.43. The number of ether oxygens (including phenoxy) is 1. The van der Waals surface area contributed by atoms with Crippen LogP contribution >= 0.6 is 15.9 Å². The highest BCUT2D eigenvalue weighted by molar-refractivity contribution is 9.10. The van der Waals surface area contributed by atoms with Gasteiger partial charge in [0.05, 0.1) is 17.8 Å². The fourth-order valence-electron chi connectivity index (χ4n) is 2.12. The molecule has 0 atom stereocenters. The van der Waals surface area contributed by atoms with E-state index < -0.39 is 0 Å². The predicted octanol–water partition coefficient (Wildman–Crippen LogP) is 4.36. The van der Waals surface area contributed by atoms with Crippen LogP contribution in [-0.2, 0) is 4.79 Å². The molecule has 5 nitrogen and oxygen atoms in total. The molecule has 1 aromatic rings. The van der Waals surface area contributed by atoms with Gasteiger partial charge in [-0.15, -0.1) is 0 Å². The molecule has 0 fully saturated rings. The van der Waals surface area contributed by atoms with Crippen LogP contribution in [0.15, 0.2) is 21.7 Å². The number of phenols is 1. The minimum atomic E-state index is -0.0819. The van der Waals surface area contributed by atoms with Gasteiger partial charge >= 0.3 is 0 Å². The zero-order valence-corrected chi connectivity index (χ0v) is 15.4. The molecule has 1 aromatic carbocycles. The van der Waals surface area contributed by atoms with Gasteiger partial charge in [0.1, 0.15) is 0 Å². The van der Waals surface area contributed by atoms with Crippen LogP contribution < -0.4 is 10.2 Å². The van der Waals surface area contributed by atoms with E-state index >= 15 is 0 Å². The number of nitrogens with one attached hydrogen (secondary N) is 1. The molecule has 0 bridgehead atoms. The molecule has 0 aliphatic rings. The van der Waals surface area contributed by atoms with E-state index in [9.17, 15) is 9.90 Å². The Morgan fingerprint density at radius 2 is 2.00 bits per heavy atom. The first-order valence-electron chi connectivity index (χ1n) is 7.96. The number of phenolic OH excluding ortho intramolecular Hbond substituents is 1. The van der Waals surface area contributed by atoms with Crippen molar-refractivity contribution >= 4 is 28.1 Å². The Morgan fingerprint density at radius 1 is 1.30 bits per heavy atom. The van der Waals surface area contributed by atoms with Gasteiger partial charge in [0.15, 0.2) is 11.5 Å². The normalized spacial score (nSPS) is 10.9. The molecule has 0 aliphatic heterocycles. The molecule has 6 heteroatoms. The molecule has 1 amide bonds. The number of benzene rings is 1. The first-order valence-corrected chi connectivity index (χ1v) is 8.76. The first kappa shape index (κ1) is 19.5. The maximum absolute atomic E-state index is 11.7. The lowest BCUT2D eigenvalue weighted by molar-refractivity contribution is -0.121. The number of unbranched alkanes of at least 4 members (excludes halogenated alkanes) is 5. The molecule has 0 saturated heterocycles. The molecule has 1 rings (SSSR count). The Bertz CT molecular complexity index is 533. The molecule has 0 unspecified atom stereocenters. The van der Waals surface area contributed by atoms with Gasteiger partial charge in [0.25, 0.3) is 0 Å². The van der Waals surface area contributed by atoms with Crippen molar-refractivity contribution in [2.45, 2.75) is 51.9 Å². The molecule has 0 spiro atoms. The number of rotatable bonds is 10. The lowest BCUT2D eigenvalue weighted by Crippen LogP contribution is -2.16. The summed E-state index contributed by atoms with van der Waals surface area (Å²) in [7, 11) is 1.48. The van der Waals surface area contributed by atoms with E-state index in [-0.39, 0.29) is 11.7 Å². The zero-order chi connectivity index (χ0) is 17.1. The monoisotopic (exact) mass is 384 g/mol. The second kappa shape index (κ2) is 11.0. The predicted molar refractivity (Wildman–Crippen MR) is 96.1 cm³/mol. The Morgan fingerprint density at radius 3 is 2.70 bits per heavy atom. The lowest BCUT2D eigenvalue weighted by atomic mass is 10.1. The smallest absolute Gasteiger partial charge is 0.240 e. The molecular formula is C17H25BrN2O3. The minimum absolute atomic E-state index is 0.0387. The van der Waals surface area contributed by atoms with Gasteiger partial charge in [0, 0.05) is 6.42 Å². The van der Waals surface area contributed by atoms with Crippen molar-refractivity contribution in [2.75, 3.05) is 7.11 Å². The number of methoxy groups -OCH3 is 1. The van der Waals surface area contributed by atoms with E-state index in [1.807, 2.05) is 0 Å². The summed E-state index contributed by atoms with van der Waals surface area (Å²) in [5, 5.41) is 13.7. The molecule has 0 aliphatic carbocycles. The topological polar surface area (TPSA) is 70.9 Å². The number of hydrazone groups is 1. The number of aromatic hydroxyl groups is 1. The minimum Gasteiger partial charge on any atom is -0.503 e. The fraction of sp³-hybridized carbons (Fsp3) is 0.529.